The number of aromatic nitrogens is 1. The van der Waals surface area contributed by atoms with Crippen molar-refractivity contribution in [2.24, 2.45) is 0 Å². The topological polar surface area (TPSA) is 94.5 Å². The lowest BCUT2D eigenvalue weighted by atomic mass is 10.1. The van der Waals surface area contributed by atoms with E-state index < -0.39 is 10.9 Å². The maximum Gasteiger partial charge on any atom is 0.360 e. The van der Waals surface area contributed by atoms with Gasteiger partial charge in [0.2, 0.25) is 0 Å². The average molecular weight is 509 g/mol. The van der Waals surface area contributed by atoms with E-state index in [1.807, 2.05) is 18.2 Å². The number of benzene rings is 4. The van der Waals surface area contributed by atoms with E-state index in [4.69, 9.17) is 9.47 Å². The highest BCUT2D eigenvalue weighted by molar-refractivity contribution is 7.26. The van der Waals surface area contributed by atoms with Crippen molar-refractivity contribution in [1.29, 1.82) is 0 Å². The van der Waals surface area contributed by atoms with Crippen LogP contribution in [0.1, 0.15) is 21.6 Å². The molecule has 0 atom stereocenters. The monoisotopic (exact) mass is 508 g/mol. The number of hydrogen-bond donors (Lipinski definition) is 1. The van der Waals surface area contributed by atoms with Gasteiger partial charge in [0.1, 0.15) is 23.8 Å². The Labute approximate surface area is 215 Å². The number of ether oxygens (including phenoxy) is 2. The molecule has 0 aliphatic carbocycles. The minimum absolute atomic E-state index is 0.0259. The molecule has 0 aliphatic rings. The Hall–Kier alpha value is -4.69. The van der Waals surface area contributed by atoms with E-state index in [1.54, 1.807) is 47.7 Å². The maximum absolute atomic E-state index is 13.0. The third kappa shape index (κ3) is 4.28. The van der Waals surface area contributed by atoms with Crippen LogP contribution in [-0.4, -0.2) is 15.9 Å². The summed E-state index contributed by atoms with van der Waals surface area (Å²) in [6, 6.07) is 25.2. The van der Waals surface area contributed by atoms with E-state index >= 15 is 0 Å². The zero-order valence-electron chi connectivity index (χ0n) is 19.7. The molecule has 6 rings (SSSR count). The first-order valence-electron chi connectivity index (χ1n) is 11.6. The SMILES string of the molecule is Cc1c2cc(C(=O)Oc3cccc(OCc4ccc([N+](=O)[O-])cc4)c3)[nH]c2cc2c1sc1ccccc12. The number of rotatable bonds is 6. The molecule has 0 aliphatic heterocycles. The number of carbonyl (C=O) groups excluding carboxylic acids is 1. The molecule has 4 aromatic carbocycles. The van der Waals surface area contributed by atoms with Gasteiger partial charge in [0.05, 0.1) is 4.92 Å². The summed E-state index contributed by atoms with van der Waals surface area (Å²) < 4.78 is 13.9. The first kappa shape index (κ1) is 22.8. The second-order valence-corrected chi connectivity index (χ2v) is 9.75. The smallest absolute Gasteiger partial charge is 0.360 e. The number of fused-ring (bicyclic) bond motifs is 4. The van der Waals surface area contributed by atoms with Crippen molar-refractivity contribution in [3.63, 3.8) is 0 Å². The first-order valence-corrected chi connectivity index (χ1v) is 12.4. The van der Waals surface area contributed by atoms with E-state index in [0.29, 0.717) is 17.2 Å². The minimum Gasteiger partial charge on any atom is -0.489 e. The summed E-state index contributed by atoms with van der Waals surface area (Å²) >= 11 is 1.76. The van der Waals surface area contributed by atoms with Crippen LogP contribution < -0.4 is 9.47 Å². The molecular weight excluding hydrogens is 488 g/mol. The number of carbonyl (C=O) groups is 1. The number of nitro benzene ring substituents is 1. The fourth-order valence-corrected chi connectivity index (χ4v) is 5.62. The van der Waals surface area contributed by atoms with Crippen LogP contribution in [-0.2, 0) is 6.61 Å². The number of nitrogens with zero attached hydrogens (tertiary/aromatic N) is 1. The molecule has 1 N–H and O–H groups in total. The Morgan fingerprint density at radius 1 is 0.919 bits per heavy atom. The molecule has 0 bridgehead atoms. The standard InChI is InChI=1S/C29H20N2O5S/c1-17-23-14-26(30-25(23)15-24-22-7-2-3-8-27(22)37-28(17)24)29(32)36-21-6-4-5-20(13-21)35-16-18-9-11-19(12-10-18)31(33)34/h2-15,30H,16H2,1H3. The van der Waals surface area contributed by atoms with Crippen LogP contribution in [0.4, 0.5) is 5.69 Å². The summed E-state index contributed by atoms with van der Waals surface area (Å²) in [6.07, 6.45) is 0. The maximum atomic E-state index is 13.0. The molecule has 0 radical (unpaired) electrons. The Morgan fingerprint density at radius 2 is 1.70 bits per heavy atom. The van der Waals surface area contributed by atoms with Crippen LogP contribution in [0.15, 0.2) is 84.9 Å². The lowest BCUT2D eigenvalue weighted by molar-refractivity contribution is -0.384. The number of aromatic amines is 1. The lowest BCUT2D eigenvalue weighted by Gasteiger charge is -2.08. The van der Waals surface area contributed by atoms with E-state index in [0.717, 1.165) is 22.0 Å². The van der Waals surface area contributed by atoms with E-state index in [9.17, 15) is 14.9 Å². The highest BCUT2D eigenvalue weighted by Crippen LogP contribution is 2.39. The Bertz CT molecular complexity index is 1820. The fourth-order valence-electron chi connectivity index (χ4n) is 4.43. The van der Waals surface area contributed by atoms with Gasteiger partial charge < -0.3 is 14.5 Å². The predicted molar refractivity (Wildman–Crippen MR) is 145 cm³/mol. The number of aryl methyl sites for hydroxylation is 1. The molecule has 6 aromatic rings. The van der Waals surface area contributed by atoms with Gasteiger partial charge in [-0.25, -0.2) is 4.79 Å². The second-order valence-electron chi connectivity index (χ2n) is 8.70. The lowest BCUT2D eigenvalue weighted by Crippen LogP contribution is -2.08. The van der Waals surface area contributed by atoms with Crippen molar-refractivity contribution in [3.8, 4) is 11.5 Å². The predicted octanol–water partition coefficient (Wildman–Crippen LogP) is 7.55. The van der Waals surface area contributed by atoms with Crippen LogP contribution in [0.3, 0.4) is 0 Å². The van der Waals surface area contributed by atoms with Crippen molar-refractivity contribution >= 4 is 54.1 Å². The van der Waals surface area contributed by atoms with Gasteiger partial charge in [-0.15, -0.1) is 11.3 Å². The quantitative estimate of drug-likeness (QED) is 0.108. The van der Waals surface area contributed by atoms with E-state index in [1.165, 1.54) is 32.3 Å². The van der Waals surface area contributed by atoms with Gasteiger partial charge in [-0.05, 0) is 60.5 Å². The molecule has 8 heteroatoms. The summed E-state index contributed by atoms with van der Waals surface area (Å²) in [6.45, 7) is 2.30. The van der Waals surface area contributed by atoms with Crippen molar-refractivity contribution < 1.29 is 19.2 Å². The normalized spacial score (nSPS) is 11.3. The first-order chi connectivity index (χ1) is 18.0. The number of nitrogens with one attached hydrogen (secondary N) is 1. The van der Waals surface area contributed by atoms with Gasteiger partial charge in [-0.3, -0.25) is 10.1 Å². The van der Waals surface area contributed by atoms with Crippen molar-refractivity contribution in [3.05, 3.63) is 112 Å². The zero-order valence-corrected chi connectivity index (χ0v) is 20.5. The number of hydrogen-bond acceptors (Lipinski definition) is 6. The summed E-state index contributed by atoms with van der Waals surface area (Å²) in [7, 11) is 0. The second kappa shape index (κ2) is 9.07. The van der Waals surface area contributed by atoms with Gasteiger partial charge in [-0.2, -0.15) is 0 Å². The van der Waals surface area contributed by atoms with Crippen LogP contribution >= 0.6 is 11.3 Å². The van der Waals surface area contributed by atoms with E-state index in [-0.39, 0.29) is 12.3 Å². The minimum atomic E-state index is -0.490. The van der Waals surface area contributed by atoms with Crippen molar-refractivity contribution in [1.82, 2.24) is 4.98 Å². The van der Waals surface area contributed by atoms with Gasteiger partial charge in [0.25, 0.3) is 5.69 Å². The molecule has 7 nitrogen and oxygen atoms in total. The molecule has 0 fully saturated rings. The van der Waals surface area contributed by atoms with Crippen molar-refractivity contribution in [2.45, 2.75) is 13.5 Å². The van der Waals surface area contributed by atoms with Crippen LogP contribution in [0, 0.1) is 17.0 Å². The zero-order chi connectivity index (χ0) is 25.5. The highest BCUT2D eigenvalue weighted by Gasteiger charge is 2.17. The molecule has 2 aromatic heterocycles. The third-order valence-electron chi connectivity index (χ3n) is 6.30. The largest absolute Gasteiger partial charge is 0.489 e. The molecule has 0 saturated heterocycles. The van der Waals surface area contributed by atoms with Gasteiger partial charge in [0, 0.05) is 49.3 Å². The molecule has 37 heavy (non-hydrogen) atoms. The Kier molecular flexibility index (Phi) is 5.58. The molecule has 0 spiro atoms. The van der Waals surface area contributed by atoms with Crippen LogP contribution in [0.5, 0.6) is 11.5 Å². The van der Waals surface area contributed by atoms with Crippen LogP contribution in [0.25, 0.3) is 31.1 Å². The molecule has 2 heterocycles. The molecule has 0 amide bonds. The Morgan fingerprint density at radius 3 is 2.51 bits per heavy atom. The van der Waals surface area contributed by atoms with Gasteiger partial charge >= 0.3 is 5.97 Å². The van der Waals surface area contributed by atoms with Crippen molar-refractivity contribution in [2.75, 3.05) is 0 Å². The number of thiophene rings is 1. The third-order valence-corrected chi connectivity index (χ3v) is 7.61. The Balaban J connectivity index is 1.20. The molecule has 182 valence electrons. The van der Waals surface area contributed by atoms with Gasteiger partial charge in [-0.1, -0.05) is 24.3 Å². The van der Waals surface area contributed by atoms with Crippen LogP contribution in [0.2, 0.25) is 0 Å². The molecular formula is C29H20N2O5S. The van der Waals surface area contributed by atoms with E-state index in [2.05, 4.69) is 30.1 Å². The number of H-pyrrole nitrogens is 1. The average Bonchev–Trinajstić information content (AvgIpc) is 3.51. The molecule has 0 saturated carbocycles. The number of esters is 1. The summed E-state index contributed by atoms with van der Waals surface area (Å²) in [5.41, 5.74) is 3.20. The summed E-state index contributed by atoms with van der Waals surface area (Å²) in [4.78, 5) is 26.6. The summed E-state index contributed by atoms with van der Waals surface area (Å²) in [5.74, 6) is 0.383. The number of non-ortho nitro benzene ring substituents is 1. The van der Waals surface area contributed by atoms with Gasteiger partial charge in [0.15, 0.2) is 0 Å². The molecule has 0 unspecified atom stereocenters. The number of nitro groups is 1. The summed E-state index contributed by atoms with van der Waals surface area (Å²) in [5, 5.41) is 14.2. The highest BCUT2D eigenvalue weighted by atomic mass is 32.1. The fraction of sp³-hybridized carbons (Fsp3) is 0.0690.